The first kappa shape index (κ1) is 19.6. The van der Waals surface area contributed by atoms with E-state index in [9.17, 15) is 19.7 Å². The Labute approximate surface area is 165 Å². The maximum atomic E-state index is 12.3. The molecule has 1 heterocycles. The summed E-state index contributed by atoms with van der Waals surface area (Å²) < 4.78 is 10.6. The number of halogens is 1. The number of carbonyl (C=O) groups is 2. The molecule has 0 spiro atoms. The van der Waals surface area contributed by atoms with Gasteiger partial charge < -0.3 is 14.8 Å². The summed E-state index contributed by atoms with van der Waals surface area (Å²) >= 11 is 5.96. The SMILES string of the molecule is Cc1ccc([N+](=O)[O-])cc1NC(=O)COC(=O)[C@H]1COc2ccc(Cl)cc2C1. The Morgan fingerprint density at radius 1 is 1.32 bits per heavy atom. The van der Waals surface area contributed by atoms with Crippen LogP contribution in [-0.4, -0.2) is 30.0 Å². The van der Waals surface area contributed by atoms with E-state index < -0.39 is 29.3 Å². The minimum atomic E-state index is -0.586. The fourth-order valence-corrected chi connectivity index (χ4v) is 3.01. The minimum absolute atomic E-state index is 0.144. The Kier molecular flexibility index (Phi) is 5.79. The van der Waals surface area contributed by atoms with Crippen molar-refractivity contribution >= 4 is 34.9 Å². The third-order valence-electron chi connectivity index (χ3n) is 4.31. The molecular weight excluding hydrogens is 388 g/mol. The summed E-state index contributed by atoms with van der Waals surface area (Å²) in [6.45, 7) is 1.35. The Morgan fingerprint density at radius 2 is 2.11 bits per heavy atom. The zero-order chi connectivity index (χ0) is 20.3. The predicted octanol–water partition coefficient (Wildman–Crippen LogP) is 3.29. The van der Waals surface area contributed by atoms with Gasteiger partial charge >= 0.3 is 5.97 Å². The lowest BCUT2D eigenvalue weighted by atomic mass is 9.97. The highest BCUT2D eigenvalue weighted by Crippen LogP contribution is 2.30. The first-order valence-electron chi connectivity index (χ1n) is 8.46. The standard InChI is InChI=1S/C19H17ClN2O6/c1-11-2-4-15(22(25)26)8-16(11)21-18(23)10-28-19(24)13-6-12-7-14(20)3-5-17(12)27-9-13/h2-5,7-8,13H,6,9-10H2,1H3,(H,21,23)/t13-/m1/s1. The molecule has 1 aliphatic heterocycles. The highest BCUT2D eigenvalue weighted by atomic mass is 35.5. The largest absolute Gasteiger partial charge is 0.492 e. The second kappa shape index (κ2) is 8.26. The average molecular weight is 405 g/mol. The smallest absolute Gasteiger partial charge is 0.313 e. The molecule has 146 valence electrons. The van der Waals surface area contributed by atoms with E-state index in [1.54, 1.807) is 25.1 Å². The van der Waals surface area contributed by atoms with Crippen molar-refractivity contribution in [3.63, 3.8) is 0 Å². The number of amides is 1. The van der Waals surface area contributed by atoms with Crippen LogP contribution in [0.3, 0.4) is 0 Å². The second-order valence-corrected chi connectivity index (χ2v) is 6.81. The number of hydrogen-bond donors (Lipinski definition) is 1. The van der Waals surface area contributed by atoms with E-state index in [0.29, 0.717) is 28.4 Å². The number of hydrogen-bond acceptors (Lipinski definition) is 6. The molecule has 0 fully saturated rings. The average Bonchev–Trinajstić information content (AvgIpc) is 2.67. The summed E-state index contributed by atoms with van der Waals surface area (Å²) in [4.78, 5) is 34.6. The quantitative estimate of drug-likeness (QED) is 0.465. The van der Waals surface area contributed by atoms with Gasteiger partial charge in [0.25, 0.3) is 11.6 Å². The number of fused-ring (bicyclic) bond motifs is 1. The lowest BCUT2D eigenvalue weighted by Crippen LogP contribution is -2.32. The van der Waals surface area contributed by atoms with Crippen molar-refractivity contribution in [3.05, 3.63) is 62.7 Å². The summed E-state index contributed by atoms with van der Waals surface area (Å²) in [5, 5.41) is 13.9. The highest BCUT2D eigenvalue weighted by Gasteiger charge is 2.28. The van der Waals surface area contributed by atoms with Crippen LogP contribution in [0.2, 0.25) is 5.02 Å². The van der Waals surface area contributed by atoms with Crippen LogP contribution in [0.5, 0.6) is 5.75 Å². The van der Waals surface area contributed by atoms with E-state index in [4.69, 9.17) is 21.1 Å². The number of nitro groups is 1. The van der Waals surface area contributed by atoms with Gasteiger partial charge in [-0.15, -0.1) is 0 Å². The highest BCUT2D eigenvalue weighted by molar-refractivity contribution is 6.30. The minimum Gasteiger partial charge on any atom is -0.492 e. The fraction of sp³-hybridized carbons (Fsp3) is 0.263. The lowest BCUT2D eigenvalue weighted by molar-refractivity contribution is -0.384. The van der Waals surface area contributed by atoms with Gasteiger partial charge in [-0.2, -0.15) is 0 Å². The molecule has 3 rings (SSSR count). The van der Waals surface area contributed by atoms with Crippen LogP contribution in [0.15, 0.2) is 36.4 Å². The van der Waals surface area contributed by atoms with Crippen molar-refractivity contribution in [3.8, 4) is 5.75 Å². The summed E-state index contributed by atoms with van der Waals surface area (Å²) in [7, 11) is 0. The van der Waals surface area contributed by atoms with Gasteiger partial charge in [0.05, 0.1) is 16.5 Å². The number of carbonyl (C=O) groups excluding carboxylic acids is 2. The zero-order valence-electron chi connectivity index (χ0n) is 14.9. The molecule has 0 saturated carbocycles. The van der Waals surface area contributed by atoms with Gasteiger partial charge in [-0.25, -0.2) is 0 Å². The number of ether oxygens (including phenoxy) is 2. The molecule has 2 aromatic rings. The van der Waals surface area contributed by atoms with Gasteiger partial charge in [0.1, 0.15) is 12.4 Å². The van der Waals surface area contributed by atoms with Gasteiger partial charge in [0.2, 0.25) is 0 Å². The number of nitrogens with one attached hydrogen (secondary N) is 1. The number of non-ortho nitro benzene ring substituents is 1. The summed E-state index contributed by atoms with van der Waals surface area (Å²) in [5.74, 6) is -1.01. The van der Waals surface area contributed by atoms with Crippen molar-refractivity contribution < 1.29 is 24.0 Å². The molecule has 0 saturated heterocycles. The molecule has 9 heteroatoms. The van der Waals surface area contributed by atoms with E-state index in [2.05, 4.69) is 5.32 Å². The van der Waals surface area contributed by atoms with Crippen LogP contribution < -0.4 is 10.1 Å². The molecule has 0 aromatic heterocycles. The Morgan fingerprint density at radius 3 is 2.86 bits per heavy atom. The molecule has 0 aliphatic carbocycles. The van der Waals surface area contributed by atoms with Crippen molar-refractivity contribution in [1.29, 1.82) is 0 Å². The maximum Gasteiger partial charge on any atom is 0.313 e. The van der Waals surface area contributed by atoms with E-state index in [-0.39, 0.29) is 12.3 Å². The number of benzene rings is 2. The van der Waals surface area contributed by atoms with Gasteiger partial charge in [-0.3, -0.25) is 19.7 Å². The molecule has 28 heavy (non-hydrogen) atoms. The van der Waals surface area contributed by atoms with Crippen molar-refractivity contribution in [2.24, 2.45) is 5.92 Å². The molecule has 2 aromatic carbocycles. The van der Waals surface area contributed by atoms with Gasteiger partial charge in [0, 0.05) is 17.2 Å². The van der Waals surface area contributed by atoms with E-state index in [1.165, 1.54) is 18.2 Å². The molecule has 0 bridgehead atoms. The maximum absolute atomic E-state index is 12.3. The lowest BCUT2D eigenvalue weighted by Gasteiger charge is -2.24. The third-order valence-corrected chi connectivity index (χ3v) is 4.55. The fourth-order valence-electron chi connectivity index (χ4n) is 2.81. The summed E-state index contributed by atoms with van der Waals surface area (Å²) in [5.41, 5.74) is 1.60. The Hall–Kier alpha value is -3.13. The zero-order valence-corrected chi connectivity index (χ0v) is 15.7. The van der Waals surface area contributed by atoms with E-state index in [1.807, 2.05) is 0 Å². The van der Waals surface area contributed by atoms with Gasteiger partial charge in [0.15, 0.2) is 6.61 Å². The number of nitrogens with zero attached hydrogens (tertiary/aromatic N) is 1. The topological polar surface area (TPSA) is 108 Å². The van der Waals surface area contributed by atoms with Crippen LogP contribution in [-0.2, 0) is 20.7 Å². The summed E-state index contributed by atoms with van der Waals surface area (Å²) in [6.07, 6.45) is 0.403. The van der Waals surface area contributed by atoms with Gasteiger partial charge in [-0.1, -0.05) is 17.7 Å². The Bertz CT molecular complexity index is 946. The van der Waals surface area contributed by atoms with Crippen molar-refractivity contribution in [1.82, 2.24) is 0 Å². The number of aryl methyl sites for hydroxylation is 1. The van der Waals surface area contributed by atoms with Crippen LogP contribution in [0, 0.1) is 23.0 Å². The van der Waals surface area contributed by atoms with Crippen LogP contribution in [0.1, 0.15) is 11.1 Å². The van der Waals surface area contributed by atoms with E-state index >= 15 is 0 Å². The molecule has 1 aliphatic rings. The molecule has 0 radical (unpaired) electrons. The van der Waals surface area contributed by atoms with Crippen LogP contribution in [0.25, 0.3) is 0 Å². The van der Waals surface area contributed by atoms with Crippen molar-refractivity contribution in [2.45, 2.75) is 13.3 Å². The second-order valence-electron chi connectivity index (χ2n) is 6.38. The summed E-state index contributed by atoms with van der Waals surface area (Å²) in [6, 6.07) is 9.31. The first-order chi connectivity index (χ1) is 13.3. The van der Waals surface area contributed by atoms with Crippen LogP contribution in [0.4, 0.5) is 11.4 Å². The number of rotatable bonds is 5. The molecule has 1 N–H and O–H groups in total. The molecule has 8 nitrogen and oxygen atoms in total. The van der Waals surface area contributed by atoms with Gasteiger partial charge in [-0.05, 0) is 42.7 Å². The number of esters is 1. The van der Waals surface area contributed by atoms with Crippen molar-refractivity contribution in [2.75, 3.05) is 18.5 Å². The molecule has 1 atom stereocenters. The predicted molar refractivity (Wildman–Crippen MR) is 102 cm³/mol. The first-order valence-corrected chi connectivity index (χ1v) is 8.84. The molecule has 1 amide bonds. The molecule has 0 unspecified atom stereocenters. The number of nitro benzene ring substituents is 1. The van der Waals surface area contributed by atoms with E-state index in [0.717, 1.165) is 5.56 Å². The monoisotopic (exact) mass is 404 g/mol. The third kappa shape index (κ3) is 4.58. The van der Waals surface area contributed by atoms with Crippen LogP contribution >= 0.6 is 11.6 Å². The number of anilines is 1. The normalized spacial score (nSPS) is 15.1. The Balaban J connectivity index is 1.56. The molecular formula is C19H17ClN2O6.